The second kappa shape index (κ2) is 10.7. The smallest absolute Gasteiger partial charge is 0.230 e. The maximum Gasteiger partial charge on any atom is 0.230 e. The molecule has 0 radical (unpaired) electrons. The minimum atomic E-state index is -0.0288. The predicted octanol–water partition coefficient (Wildman–Crippen LogP) is 2.59. The number of nitrogens with one attached hydrogen (secondary N) is 1. The van der Waals surface area contributed by atoms with Gasteiger partial charge in [0.05, 0.1) is 5.75 Å². The Bertz CT molecular complexity index is 661. The quantitative estimate of drug-likeness (QED) is 0.305. The molecule has 1 aromatic heterocycles. The number of halogens is 1. The Morgan fingerprint density at radius 1 is 1.33 bits per heavy atom. The molecule has 0 aromatic carbocycles. The lowest BCUT2D eigenvalue weighted by molar-refractivity contribution is -0.133. The van der Waals surface area contributed by atoms with Gasteiger partial charge in [-0.1, -0.05) is 43.6 Å². The standard InChI is InChI=1S/C18H28ClN5O2S/c1-4-6-7-20-16(25)12-27-18-21-14(19)10-15(22-18)23-8-9-24(13(3)11-23)17(26)5-2/h10,13H,4-9,11-12H2,1-3H3,(H,20,25)/t13-/m1/s1. The van der Waals surface area contributed by atoms with E-state index in [9.17, 15) is 9.59 Å². The van der Waals surface area contributed by atoms with Crippen molar-refractivity contribution in [2.45, 2.75) is 51.2 Å². The molecule has 0 aliphatic carbocycles. The largest absolute Gasteiger partial charge is 0.355 e. The Balaban J connectivity index is 1.97. The summed E-state index contributed by atoms with van der Waals surface area (Å²) in [4.78, 5) is 36.7. The monoisotopic (exact) mass is 413 g/mol. The van der Waals surface area contributed by atoms with Crippen LogP contribution in [-0.4, -0.2) is 64.7 Å². The Hall–Kier alpha value is -1.54. The first-order valence-electron chi connectivity index (χ1n) is 9.43. The number of thioether (sulfide) groups is 1. The highest BCUT2D eigenvalue weighted by Crippen LogP contribution is 2.24. The summed E-state index contributed by atoms with van der Waals surface area (Å²) in [6.45, 7) is 8.76. The number of piperazine rings is 1. The highest BCUT2D eigenvalue weighted by Gasteiger charge is 2.27. The van der Waals surface area contributed by atoms with Gasteiger partial charge in [-0.15, -0.1) is 0 Å². The number of hydrogen-bond donors (Lipinski definition) is 1. The molecule has 27 heavy (non-hydrogen) atoms. The van der Waals surface area contributed by atoms with E-state index in [-0.39, 0.29) is 23.6 Å². The van der Waals surface area contributed by atoms with Gasteiger partial charge in [0, 0.05) is 44.7 Å². The van der Waals surface area contributed by atoms with E-state index >= 15 is 0 Å². The normalized spacial score (nSPS) is 17.1. The number of amides is 2. The first kappa shape index (κ1) is 21.8. The fourth-order valence-corrected chi connectivity index (χ4v) is 3.85. The van der Waals surface area contributed by atoms with Gasteiger partial charge in [-0.2, -0.15) is 0 Å². The van der Waals surface area contributed by atoms with Gasteiger partial charge < -0.3 is 15.1 Å². The van der Waals surface area contributed by atoms with E-state index in [1.807, 2.05) is 18.7 Å². The van der Waals surface area contributed by atoms with Crippen LogP contribution in [0.1, 0.15) is 40.0 Å². The van der Waals surface area contributed by atoms with Crippen molar-refractivity contribution in [3.63, 3.8) is 0 Å². The molecule has 150 valence electrons. The molecule has 1 aromatic rings. The first-order valence-corrected chi connectivity index (χ1v) is 10.8. The molecule has 2 amide bonds. The Morgan fingerprint density at radius 2 is 2.11 bits per heavy atom. The molecule has 0 unspecified atom stereocenters. The molecule has 1 atom stereocenters. The van der Waals surface area contributed by atoms with Crippen molar-refractivity contribution in [3.8, 4) is 0 Å². The number of anilines is 1. The van der Waals surface area contributed by atoms with E-state index in [1.165, 1.54) is 11.8 Å². The van der Waals surface area contributed by atoms with E-state index in [4.69, 9.17) is 11.6 Å². The van der Waals surface area contributed by atoms with Crippen LogP contribution in [0.25, 0.3) is 0 Å². The number of carbonyl (C=O) groups excluding carboxylic acids is 2. The molecular formula is C18H28ClN5O2S. The van der Waals surface area contributed by atoms with E-state index in [1.54, 1.807) is 6.07 Å². The van der Waals surface area contributed by atoms with Gasteiger partial charge >= 0.3 is 0 Å². The zero-order chi connectivity index (χ0) is 19.8. The predicted molar refractivity (Wildman–Crippen MR) is 109 cm³/mol. The fourth-order valence-electron chi connectivity index (χ4n) is 2.94. The lowest BCUT2D eigenvalue weighted by Crippen LogP contribution is -2.54. The molecule has 7 nitrogen and oxygen atoms in total. The second-order valence-electron chi connectivity index (χ2n) is 6.56. The molecule has 1 fully saturated rings. The zero-order valence-electron chi connectivity index (χ0n) is 16.2. The van der Waals surface area contributed by atoms with Crippen molar-refractivity contribution in [1.29, 1.82) is 0 Å². The van der Waals surface area contributed by atoms with Gasteiger partial charge in [-0.3, -0.25) is 9.59 Å². The minimum Gasteiger partial charge on any atom is -0.355 e. The van der Waals surface area contributed by atoms with Crippen LogP contribution in [0.2, 0.25) is 5.15 Å². The van der Waals surface area contributed by atoms with E-state index in [0.717, 1.165) is 18.7 Å². The highest BCUT2D eigenvalue weighted by molar-refractivity contribution is 7.99. The molecule has 1 saturated heterocycles. The third kappa shape index (κ3) is 6.53. The van der Waals surface area contributed by atoms with Gasteiger partial charge in [0.15, 0.2) is 5.16 Å². The molecule has 2 rings (SSSR count). The Morgan fingerprint density at radius 3 is 2.78 bits per heavy atom. The number of hydrogen-bond acceptors (Lipinski definition) is 6. The molecule has 1 aliphatic heterocycles. The number of aromatic nitrogens is 2. The number of nitrogens with zero attached hydrogens (tertiary/aromatic N) is 4. The molecular weight excluding hydrogens is 386 g/mol. The SMILES string of the molecule is CCCCNC(=O)CSc1nc(Cl)cc(N2CCN(C(=O)CC)[C@H](C)C2)n1. The van der Waals surface area contributed by atoms with Crippen molar-refractivity contribution in [2.24, 2.45) is 0 Å². The molecule has 1 aliphatic rings. The fraction of sp³-hybridized carbons (Fsp3) is 0.667. The molecule has 1 N–H and O–H groups in total. The average Bonchev–Trinajstić information content (AvgIpc) is 2.65. The van der Waals surface area contributed by atoms with Gasteiger partial charge in [0.2, 0.25) is 11.8 Å². The van der Waals surface area contributed by atoms with Crippen LogP contribution in [0, 0.1) is 0 Å². The van der Waals surface area contributed by atoms with Crippen LogP contribution in [0.3, 0.4) is 0 Å². The summed E-state index contributed by atoms with van der Waals surface area (Å²) >= 11 is 7.45. The number of carbonyl (C=O) groups is 2. The minimum absolute atomic E-state index is 0.0288. The van der Waals surface area contributed by atoms with Crippen molar-refractivity contribution in [1.82, 2.24) is 20.2 Å². The molecule has 0 spiro atoms. The van der Waals surface area contributed by atoms with E-state index in [2.05, 4.69) is 27.1 Å². The lowest BCUT2D eigenvalue weighted by atomic mass is 10.1. The van der Waals surface area contributed by atoms with Crippen molar-refractivity contribution >= 4 is 41.0 Å². The summed E-state index contributed by atoms with van der Waals surface area (Å²) in [6.07, 6.45) is 2.54. The summed E-state index contributed by atoms with van der Waals surface area (Å²) in [5.41, 5.74) is 0. The van der Waals surface area contributed by atoms with Crippen LogP contribution in [0.15, 0.2) is 11.2 Å². The summed E-state index contributed by atoms with van der Waals surface area (Å²) in [6, 6.07) is 1.84. The zero-order valence-corrected chi connectivity index (χ0v) is 17.8. The second-order valence-corrected chi connectivity index (χ2v) is 7.89. The Labute approximate surface area is 170 Å². The summed E-state index contributed by atoms with van der Waals surface area (Å²) in [5.74, 6) is 1.14. The molecule has 2 heterocycles. The third-order valence-corrected chi connectivity index (χ3v) is 5.46. The van der Waals surface area contributed by atoms with Crippen LogP contribution >= 0.6 is 23.4 Å². The van der Waals surface area contributed by atoms with Gasteiger partial charge in [0.1, 0.15) is 11.0 Å². The van der Waals surface area contributed by atoms with E-state index < -0.39 is 0 Å². The van der Waals surface area contributed by atoms with Crippen molar-refractivity contribution in [3.05, 3.63) is 11.2 Å². The lowest BCUT2D eigenvalue weighted by Gasteiger charge is -2.40. The van der Waals surface area contributed by atoms with Gasteiger partial charge in [0.25, 0.3) is 0 Å². The molecule has 0 bridgehead atoms. The summed E-state index contributed by atoms with van der Waals surface area (Å²) < 4.78 is 0. The average molecular weight is 414 g/mol. The van der Waals surface area contributed by atoms with Crippen LogP contribution < -0.4 is 10.2 Å². The van der Waals surface area contributed by atoms with Crippen LogP contribution in [-0.2, 0) is 9.59 Å². The van der Waals surface area contributed by atoms with Gasteiger partial charge in [-0.05, 0) is 13.3 Å². The first-order chi connectivity index (χ1) is 12.9. The van der Waals surface area contributed by atoms with Crippen molar-refractivity contribution in [2.75, 3.05) is 36.8 Å². The Kier molecular flexibility index (Phi) is 8.63. The topological polar surface area (TPSA) is 78.4 Å². The maximum atomic E-state index is 12.0. The third-order valence-electron chi connectivity index (χ3n) is 4.42. The summed E-state index contributed by atoms with van der Waals surface area (Å²) in [7, 11) is 0. The highest BCUT2D eigenvalue weighted by atomic mass is 35.5. The van der Waals surface area contributed by atoms with Crippen LogP contribution in [0.5, 0.6) is 0 Å². The van der Waals surface area contributed by atoms with Gasteiger partial charge in [-0.25, -0.2) is 9.97 Å². The summed E-state index contributed by atoms with van der Waals surface area (Å²) in [5, 5.41) is 3.72. The van der Waals surface area contributed by atoms with Crippen molar-refractivity contribution < 1.29 is 9.59 Å². The maximum absolute atomic E-state index is 12.0. The molecule has 0 saturated carbocycles. The van der Waals surface area contributed by atoms with E-state index in [0.29, 0.717) is 42.9 Å². The number of unbranched alkanes of at least 4 members (excludes halogenated alkanes) is 1. The van der Waals surface area contributed by atoms with Crippen LogP contribution in [0.4, 0.5) is 5.82 Å². The number of rotatable bonds is 8. The molecule has 9 heteroatoms.